The number of hydrogen-bond donors (Lipinski definition) is 1. The largest absolute Gasteiger partial charge is 0.484 e. The first-order valence-electron chi connectivity index (χ1n) is 6.20. The zero-order valence-corrected chi connectivity index (χ0v) is 11.4. The van der Waals surface area contributed by atoms with E-state index in [9.17, 15) is 9.59 Å². The van der Waals surface area contributed by atoms with Gasteiger partial charge in [0.15, 0.2) is 6.61 Å². The van der Waals surface area contributed by atoms with Crippen molar-refractivity contribution >= 4 is 11.6 Å². The standard InChI is InChI=1S/C15H16N2O3/c1-11-4-3-5-13(8-11)20-10-14(18)16-12-6-7-15(19)17(2)9-12/h3-9H,10H2,1-2H3,(H,16,18). The molecule has 0 fully saturated rings. The number of nitrogens with one attached hydrogen (secondary N) is 1. The topological polar surface area (TPSA) is 60.3 Å². The molecule has 1 aromatic carbocycles. The highest BCUT2D eigenvalue weighted by Crippen LogP contribution is 2.12. The van der Waals surface area contributed by atoms with Gasteiger partial charge in [-0.15, -0.1) is 0 Å². The summed E-state index contributed by atoms with van der Waals surface area (Å²) < 4.78 is 6.79. The Morgan fingerprint density at radius 3 is 2.80 bits per heavy atom. The molecule has 5 nitrogen and oxygen atoms in total. The van der Waals surface area contributed by atoms with Crippen molar-refractivity contribution in [2.24, 2.45) is 7.05 Å². The molecule has 0 bridgehead atoms. The van der Waals surface area contributed by atoms with Gasteiger partial charge >= 0.3 is 0 Å². The second kappa shape index (κ2) is 6.06. The molecule has 1 heterocycles. The van der Waals surface area contributed by atoms with Crippen LogP contribution in [0, 0.1) is 6.92 Å². The predicted octanol–water partition coefficient (Wildman–Crippen LogP) is 1.71. The third-order valence-corrected chi connectivity index (χ3v) is 2.73. The first kappa shape index (κ1) is 13.9. The maximum Gasteiger partial charge on any atom is 0.262 e. The van der Waals surface area contributed by atoms with Crippen LogP contribution in [0.3, 0.4) is 0 Å². The molecule has 104 valence electrons. The fourth-order valence-electron chi connectivity index (χ4n) is 1.72. The molecule has 0 aliphatic carbocycles. The maximum absolute atomic E-state index is 11.7. The number of pyridine rings is 1. The summed E-state index contributed by atoms with van der Waals surface area (Å²) >= 11 is 0. The minimum atomic E-state index is -0.273. The number of anilines is 1. The number of aromatic nitrogens is 1. The van der Waals surface area contributed by atoms with Gasteiger partial charge in [-0.25, -0.2) is 0 Å². The molecule has 0 saturated carbocycles. The fraction of sp³-hybridized carbons (Fsp3) is 0.200. The third-order valence-electron chi connectivity index (χ3n) is 2.73. The summed E-state index contributed by atoms with van der Waals surface area (Å²) in [7, 11) is 1.63. The lowest BCUT2D eigenvalue weighted by atomic mass is 10.2. The van der Waals surface area contributed by atoms with Crippen molar-refractivity contribution in [3.8, 4) is 5.75 Å². The molecule has 0 aliphatic rings. The van der Waals surface area contributed by atoms with E-state index in [-0.39, 0.29) is 18.1 Å². The van der Waals surface area contributed by atoms with Gasteiger partial charge in [-0.3, -0.25) is 9.59 Å². The first-order chi connectivity index (χ1) is 9.54. The minimum Gasteiger partial charge on any atom is -0.484 e. The highest BCUT2D eigenvalue weighted by Gasteiger charge is 2.04. The fourth-order valence-corrected chi connectivity index (χ4v) is 1.72. The number of amides is 1. The number of carbonyl (C=O) groups excluding carboxylic acids is 1. The summed E-state index contributed by atoms with van der Waals surface area (Å²) in [5.74, 6) is 0.380. The van der Waals surface area contributed by atoms with Crippen LogP contribution in [0.5, 0.6) is 5.75 Å². The van der Waals surface area contributed by atoms with Crippen molar-refractivity contribution in [1.82, 2.24) is 4.57 Å². The normalized spacial score (nSPS) is 10.1. The van der Waals surface area contributed by atoms with E-state index in [0.29, 0.717) is 11.4 Å². The van der Waals surface area contributed by atoms with Gasteiger partial charge in [0.25, 0.3) is 5.91 Å². The van der Waals surface area contributed by atoms with Gasteiger partial charge in [-0.1, -0.05) is 12.1 Å². The summed E-state index contributed by atoms with van der Waals surface area (Å²) in [6, 6.07) is 10.4. The molecular formula is C15H16N2O3. The molecule has 0 unspecified atom stereocenters. The van der Waals surface area contributed by atoms with Crippen LogP contribution in [-0.2, 0) is 11.8 Å². The van der Waals surface area contributed by atoms with Gasteiger partial charge < -0.3 is 14.6 Å². The maximum atomic E-state index is 11.7. The molecule has 1 N–H and O–H groups in total. The van der Waals surface area contributed by atoms with Crippen molar-refractivity contribution in [2.45, 2.75) is 6.92 Å². The molecule has 2 aromatic rings. The summed E-state index contributed by atoms with van der Waals surface area (Å²) in [4.78, 5) is 23.0. The third kappa shape index (κ3) is 3.71. The highest BCUT2D eigenvalue weighted by atomic mass is 16.5. The van der Waals surface area contributed by atoms with Gasteiger partial charge in [-0.2, -0.15) is 0 Å². The van der Waals surface area contributed by atoms with Gasteiger partial charge in [0.2, 0.25) is 5.56 Å². The van der Waals surface area contributed by atoms with E-state index < -0.39 is 0 Å². The van der Waals surface area contributed by atoms with Crippen molar-refractivity contribution in [2.75, 3.05) is 11.9 Å². The number of carbonyl (C=O) groups is 1. The second-order valence-corrected chi connectivity index (χ2v) is 4.52. The van der Waals surface area contributed by atoms with Crippen LogP contribution in [0.1, 0.15) is 5.56 Å². The highest BCUT2D eigenvalue weighted by molar-refractivity contribution is 5.91. The van der Waals surface area contributed by atoms with Gasteiger partial charge in [-0.05, 0) is 30.7 Å². The lowest BCUT2D eigenvalue weighted by molar-refractivity contribution is -0.118. The first-order valence-corrected chi connectivity index (χ1v) is 6.20. The van der Waals surface area contributed by atoms with E-state index in [1.807, 2.05) is 25.1 Å². The van der Waals surface area contributed by atoms with Crippen LogP contribution in [0.2, 0.25) is 0 Å². The van der Waals surface area contributed by atoms with Crippen molar-refractivity contribution in [1.29, 1.82) is 0 Å². The monoisotopic (exact) mass is 272 g/mol. The van der Waals surface area contributed by atoms with Crippen LogP contribution in [0.25, 0.3) is 0 Å². The molecule has 0 radical (unpaired) electrons. The lowest BCUT2D eigenvalue weighted by Crippen LogP contribution is -2.22. The SMILES string of the molecule is Cc1cccc(OCC(=O)Nc2ccc(=O)n(C)c2)c1. The predicted molar refractivity (Wildman–Crippen MR) is 77.0 cm³/mol. The van der Waals surface area contributed by atoms with E-state index in [2.05, 4.69) is 5.32 Å². The van der Waals surface area contributed by atoms with Crippen LogP contribution >= 0.6 is 0 Å². The molecule has 1 amide bonds. The van der Waals surface area contributed by atoms with Crippen LogP contribution in [0.15, 0.2) is 47.4 Å². The number of aryl methyl sites for hydroxylation is 2. The minimum absolute atomic E-state index is 0.0771. The van der Waals surface area contributed by atoms with E-state index in [0.717, 1.165) is 5.56 Å². The Morgan fingerprint density at radius 1 is 1.30 bits per heavy atom. The van der Waals surface area contributed by atoms with Crippen LogP contribution < -0.4 is 15.6 Å². The molecule has 0 saturated heterocycles. The van der Waals surface area contributed by atoms with Gasteiger partial charge in [0.05, 0.1) is 5.69 Å². The van der Waals surface area contributed by atoms with Gasteiger partial charge in [0, 0.05) is 19.3 Å². The second-order valence-electron chi connectivity index (χ2n) is 4.52. The summed E-state index contributed by atoms with van der Waals surface area (Å²) in [5.41, 5.74) is 1.50. The zero-order chi connectivity index (χ0) is 14.5. The van der Waals surface area contributed by atoms with Crippen molar-refractivity contribution < 1.29 is 9.53 Å². The molecule has 0 aliphatic heterocycles. The Morgan fingerprint density at radius 2 is 2.10 bits per heavy atom. The van der Waals surface area contributed by atoms with E-state index in [4.69, 9.17) is 4.74 Å². The molecular weight excluding hydrogens is 256 g/mol. The number of ether oxygens (including phenoxy) is 1. The summed E-state index contributed by atoms with van der Waals surface area (Å²) in [6.45, 7) is 1.88. The molecule has 1 aromatic heterocycles. The van der Waals surface area contributed by atoms with Crippen molar-refractivity contribution in [3.63, 3.8) is 0 Å². The molecule has 5 heteroatoms. The Labute approximate surface area is 116 Å². The zero-order valence-electron chi connectivity index (χ0n) is 11.4. The van der Waals surface area contributed by atoms with Gasteiger partial charge in [0.1, 0.15) is 5.75 Å². The Hall–Kier alpha value is -2.56. The Balaban J connectivity index is 1.92. The van der Waals surface area contributed by atoms with E-state index in [1.165, 1.54) is 10.6 Å². The Kier molecular flexibility index (Phi) is 4.20. The number of hydrogen-bond acceptors (Lipinski definition) is 3. The molecule has 20 heavy (non-hydrogen) atoms. The Bertz CT molecular complexity index is 677. The number of rotatable bonds is 4. The smallest absolute Gasteiger partial charge is 0.262 e. The number of benzene rings is 1. The molecule has 0 atom stereocenters. The summed E-state index contributed by atoms with van der Waals surface area (Å²) in [5, 5.41) is 2.67. The average molecular weight is 272 g/mol. The van der Waals surface area contributed by atoms with Crippen LogP contribution in [0.4, 0.5) is 5.69 Å². The van der Waals surface area contributed by atoms with Crippen molar-refractivity contribution in [3.05, 3.63) is 58.5 Å². The quantitative estimate of drug-likeness (QED) is 0.921. The molecule has 0 spiro atoms. The van der Waals surface area contributed by atoms with Crippen LogP contribution in [-0.4, -0.2) is 17.1 Å². The number of nitrogens with zero attached hydrogens (tertiary/aromatic N) is 1. The average Bonchev–Trinajstić information content (AvgIpc) is 2.41. The lowest BCUT2D eigenvalue weighted by Gasteiger charge is -2.08. The summed E-state index contributed by atoms with van der Waals surface area (Å²) in [6.07, 6.45) is 1.56. The molecule has 2 rings (SSSR count). The van der Waals surface area contributed by atoms with E-state index in [1.54, 1.807) is 25.4 Å². The van der Waals surface area contributed by atoms with E-state index >= 15 is 0 Å².